The number of rotatable bonds is 9. The standard InChI is InChI=1S/C32H41N3O6S/c1-32(2,3)41-30(38)26-21-42-29(24-14-8-5-9-15-24)35(26)27(36)19-33-31(39)34-25-16-10-13-23(17-25)18-28(37)40-20-22-11-6-4-7-12-22/h4,6-7,10-13,16-17,24,26,29H,5,8-9,14-15,18-21H2,1-3H3,(H2,33,34,39)/t26-,29?/m0/s1. The first-order valence-corrected chi connectivity index (χ1v) is 15.6. The number of anilines is 1. The fourth-order valence-electron chi connectivity index (χ4n) is 5.31. The van der Waals surface area contributed by atoms with Crippen LogP contribution >= 0.6 is 11.8 Å². The summed E-state index contributed by atoms with van der Waals surface area (Å²) in [6.45, 7) is 5.38. The molecule has 1 aliphatic carbocycles. The highest BCUT2D eigenvalue weighted by Crippen LogP contribution is 2.41. The van der Waals surface area contributed by atoms with Gasteiger partial charge in [-0.15, -0.1) is 11.8 Å². The van der Waals surface area contributed by atoms with Gasteiger partial charge in [0, 0.05) is 11.4 Å². The average Bonchev–Trinajstić information content (AvgIpc) is 3.41. The van der Waals surface area contributed by atoms with Gasteiger partial charge in [0.2, 0.25) is 5.91 Å². The maximum absolute atomic E-state index is 13.5. The lowest BCUT2D eigenvalue weighted by molar-refractivity contribution is -0.164. The number of hydrogen-bond acceptors (Lipinski definition) is 7. The highest BCUT2D eigenvalue weighted by atomic mass is 32.2. The Hall–Kier alpha value is -3.53. The van der Waals surface area contributed by atoms with E-state index in [1.807, 2.05) is 51.1 Å². The second kappa shape index (κ2) is 14.6. The van der Waals surface area contributed by atoms with E-state index in [1.54, 1.807) is 40.9 Å². The number of urea groups is 1. The maximum Gasteiger partial charge on any atom is 0.330 e. The molecule has 2 aliphatic rings. The average molecular weight is 596 g/mol. The molecule has 10 heteroatoms. The molecule has 0 radical (unpaired) electrons. The zero-order valence-corrected chi connectivity index (χ0v) is 25.4. The third-order valence-corrected chi connectivity index (χ3v) is 8.69. The highest BCUT2D eigenvalue weighted by molar-refractivity contribution is 8.00. The monoisotopic (exact) mass is 595 g/mol. The fourth-order valence-corrected chi connectivity index (χ4v) is 6.96. The smallest absolute Gasteiger partial charge is 0.330 e. The minimum absolute atomic E-state index is 0.0592. The number of ether oxygens (including phenoxy) is 2. The summed E-state index contributed by atoms with van der Waals surface area (Å²) in [7, 11) is 0. The van der Waals surface area contributed by atoms with Crippen LogP contribution in [0.2, 0.25) is 0 Å². The summed E-state index contributed by atoms with van der Waals surface area (Å²) >= 11 is 1.63. The largest absolute Gasteiger partial charge is 0.461 e. The van der Waals surface area contributed by atoms with E-state index in [4.69, 9.17) is 9.47 Å². The quantitative estimate of drug-likeness (QED) is 0.379. The van der Waals surface area contributed by atoms with E-state index in [0.717, 1.165) is 31.2 Å². The molecule has 0 spiro atoms. The van der Waals surface area contributed by atoms with Crippen molar-refractivity contribution in [2.75, 3.05) is 17.6 Å². The van der Waals surface area contributed by atoms with Crippen LogP contribution < -0.4 is 10.6 Å². The SMILES string of the molecule is CC(C)(C)OC(=O)[C@@H]1CSC(C2CCCCC2)N1C(=O)CNC(=O)Nc1cccc(CC(=O)OCc2ccccc2)c1. The summed E-state index contributed by atoms with van der Waals surface area (Å²) in [6.07, 6.45) is 5.52. The normalized spacial score (nSPS) is 19.2. The third-order valence-electron chi connectivity index (χ3n) is 7.23. The maximum atomic E-state index is 13.5. The van der Waals surface area contributed by atoms with Crippen molar-refractivity contribution in [3.63, 3.8) is 0 Å². The van der Waals surface area contributed by atoms with Crippen molar-refractivity contribution in [2.45, 2.75) is 82.9 Å². The van der Waals surface area contributed by atoms with Gasteiger partial charge in [0.25, 0.3) is 0 Å². The molecule has 226 valence electrons. The van der Waals surface area contributed by atoms with E-state index in [9.17, 15) is 19.2 Å². The van der Waals surface area contributed by atoms with Crippen LogP contribution in [0.4, 0.5) is 10.5 Å². The minimum Gasteiger partial charge on any atom is -0.461 e. The fraction of sp³-hybridized carbons (Fsp3) is 0.500. The van der Waals surface area contributed by atoms with Crippen molar-refractivity contribution in [2.24, 2.45) is 5.92 Å². The summed E-state index contributed by atoms with van der Waals surface area (Å²) in [5.41, 5.74) is 1.41. The number of hydrogen-bond donors (Lipinski definition) is 2. The second-order valence-corrected chi connectivity index (χ2v) is 13.0. The van der Waals surface area contributed by atoms with Gasteiger partial charge in [0.05, 0.1) is 18.3 Å². The molecule has 1 saturated carbocycles. The van der Waals surface area contributed by atoms with Gasteiger partial charge in [-0.25, -0.2) is 9.59 Å². The van der Waals surface area contributed by atoms with Gasteiger partial charge in [-0.1, -0.05) is 61.7 Å². The molecule has 1 aliphatic heterocycles. The molecule has 2 aromatic rings. The Labute approximate surface area is 252 Å². The van der Waals surface area contributed by atoms with Gasteiger partial charge in [-0.05, 0) is 62.8 Å². The number of carbonyl (C=O) groups excluding carboxylic acids is 4. The Kier molecular flexibility index (Phi) is 10.9. The van der Waals surface area contributed by atoms with Crippen LogP contribution in [-0.4, -0.2) is 58.1 Å². The third kappa shape index (κ3) is 9.24. The number of thioether (sulfide) groups is 1. The molecule has 1 unspecified atom stereocenters. The van der Waals surface area contributed by atoms with Gasteiger partial charge in [0.1, 0.15) is 18.2 Å². The molecule has 4 rings (SSSR count). The predicted molar refractivity (Wildman–Crippen MR) is 163 cm³/mol. The van der Waals surface area contributed by atoms with Crippen molar-refractivity contribution in [1.29, 1.82) is 0 Å². The van der Waals surface area contributed by atoms with Crippen LogP contribution in [0.15, 0.2) is 54.6 Å². The molecular formula is C32H41N3O6S. The molecule has 2 N–H and O–H groups in total. The van der Waals surface area contributed by atoms with E-state index >= 15 is 0 Å². The molecule has 2 aromatic carbocycles. The summed E-state index contributed by atoms with van der Waals surface area (Å²) in [4.78, 5) is 53.2. The Morgan fingerprint density at radius 3 is 2.38 bits per heavy atom. The van der Waals surface area contributed by atoms with Crippen molar-refractivity contribution in [1.82, 2.24) is 10.2 Å². The Bertz CT molecular complexity index is 1240. The first-order valence-electron chi connectivity index (χ1n) is 14.6. The van der Waals surface area contributed by atoms with Gasteiger partial charge >= 0.3 is 18.0 Å². The number of nitrogens with zero attached hydrogens (tertiary/aromatic N) is 1. The van der Waals surface area contributed by atoms with Crippen LogP contribution in [0.25, 0.3) is 0 Å². The van der Waals surface area contributed by atoms with E-state index in [0.29, 0.717) is 22.9 Å². The van der Waals surface area contributed by atoms with Crippen LogP contribution in [-0.2, 0) is 36.9 Å². The van der Waals surface area contributed by atoms with Crippen LogP contribution in [0.5, 0.6) is 0 Å². The summed E-state index contributed by atoms with van der Waals surface area (Å²) in [5.74, 6) is -0.298. The van der Waals surface area contributed by atoms with Gasteiger partial charge < -0.3 is 25.0 Å². The Morgan fingerprint density at radius 1 is 0.952 bits per heavy atom. The highest BCUT2D eigenvalue weighted by Gasteiger charge is 2.46. The first-order chi connectivity index (χ1) is 20.1. The minimum atomic E-state index is -0.683. The lowest BCUT2D eigenvalue weighted by atomic mass is 9.88. The van der Waals surface area contributed by atoms with E-state index < -0.39 is 23.6 Å². The summed E-state index contributed by atoms with van der Waals surface area (Å²) < 4.78 is 11.0. The number of carbonyl (C=O) groups is 4. The molecule has 1 heterocycles. The molecule has 2 atom stereocenters. The summed E-state index contributed by atoms with van der Waals surface area (Å²) in [5, 5.41) is 5.26. The number of benzene rings is 2. The number of amides is 3. The van der Waals surface area contributed by atoms with Gasteiger partial charge in [-0.3, -0.25) is 9.59 Å². The molecule has 3 amide bonds. The van der Waals surface area contributed by atoms with Crippen molar-refractivity contribution < 1.29 is 28.7 Å². The lowest BCUT2D eigenvalue weighted by Gasteiger charge is -2.36. The molecule has 0 bridgehead atoms. The molecule has 42 heavy (non-hydrogen) atoms. The van der Waals surface area contributed by atoms with Gasteiger partial charge in [0.15, 0.2) is 0 Å². The van der Waals surface area contributed by atoms with Gasteiger partial charge in [-0.2, -0.15) is 0 Å². The first kappa shape index (κ1) is 31.4. The predicted octanol–water partition coefficient (Wildman–Crippen LogP) is 5.29. The molecule has 1 saturated heterocycles. The topological polar surface area (TPSA) is 114 Å². The second-order valence-electron chi connectivity index (χ2n) is 11.8. The van der Waals surface area contributed by atoms with E-state index in [-0.39, 0.29) is 36.8 Å². The Morgan fingerprint density at radius 2 is 1.67 bits per heavy atom. The number of esters is 2. The van der Waals surface area contributed by atoms with E-state index in [1.165, 1.54) is 6.42 Å². The van der Waals surface area contributed by atoms with Crippen LogP contribution in [0.1, 0.15) is 64.0 Å². The molecule has 0 aromatic heterocycles. The van der Waals surface area contributed by atoms with E-state index in [2.05, 4.69) is 10.6 Å². The van der Waals surface area contributed by atoms with Crippen LogP contribution in [0.3, 0.4) is 0 Å². The summed E-state index contributed by atoms with van der Waals surface area (Å²) in [6, 6.07) is 15.1. The van der Waals surface area contributed by atoms with Crippen molar-refractivity contribution in [3.05, 3.63) is 65.7 Å². The van der Waals surface area contributed by atoms with Crippen molar-refractivity contribution >= 4 is 41.3 Å². The molecular weight excluding hydrogens is 554 g/mol. The zero-order valence-electron chi connectivity index (χ0n) is 24.6. The van der Waals surface area contributed by atoms with Crippen LogP contribution in [0, 0.1) is 5.92 Å². The lowest BCUT2D eigenvalue weighted by Crippen LogP contribution is -2.52. The Balaban J connectivity index is 1.32. The zero-order chi connectivity index (χ0) is 30.1. The number of nitrogens with one attached hydrogen (secondary N) is 2. The molecule has 2 fully saturated rings. The van der Waals surface area contributed by atoms with Crippen molar-refractivity contribution in [3.8, 4) is 0 Å². The molecule has 9 nitrogen and oxygen atoms in total.